The van der Waals surface area contributed by atoms with Crippen molar-refractivity contribution < 1.29 is 9.53 Å². The minimum absolute atomic E-state index is 0.265. The van der Waals surface area contributed by atoms with Gasteiger partial charge in [0.25, 0.3) is 0 Å². The molecule has 0 bridgehead atoms. The van der Waals surface area contributed by atoms with E-state index in [9.17, 15) is 4.79 Å². The van der Waals surface area contributed by atoms with Gasteiger partial charge in [0.1, 0.15) is 6.10 Å². The fourth-order valence-electron chi connectivity index (χ4n) is 2.50. The van der Waals surface area contributed by atoms with Gasteiger partial charge in [-0.3, -0.25) is 4.90 Å². The average Bonchev–Trinajstić information content (AvgIpc) is 2.65. The Morgan fingerprint density at radius 1 is 1.00 bits per heavy atom. The number of carbonyl (C=O) groups excluding carboxylic acids is 1. The Labute approximate surface area is 144 Å². The van der Waals surface area contributed by atoms with Crippen LogP contribution >= 0.6 is 0 Å². The predicted molar refractivity (Wildman–Crippen MR) is 98.5 cm³/mol. The van der Waals surface area contributed by atoms with Gasteiger partial charge in [-0.25, -0.2) is 4.79 Å². The van der Waals surface area contributed by atoms with Crippen LogP contribution in [0.1, 0.15) is 31.1 Å². The zero-order chi connectivity index (χ0) is 17.2. The second-order valence-corrected chi connectivity index (χ2v) is 5.57. The number of benzene rings is 2. The lowest BCUT2D eigenvalue weighted by Gasteiger charge is -2.25. The van der Waals surface area contributed by atoms with E-state index in [0.29, 0.717) is 6.54 Å². The van der Waals surface area contributed by atoms with Gasteiger partial charge in [-0.15, -0.1) is 0 Å². The van der Waals surface area contributed by atoms with E-state index in [1.165, 1.54) is 6.08 Å². The number of esters is 1. The Morgan fingerprint density at radius 3 is 2.17 bits per heavy atom. The Hall–Kier alpha value is -2.39. The van der Waals surface area contributed by atoms with Crippen LogP contribution in [0.5, 0.6) is 0 Å². The molecule has 0 heterocycles. The van der Waals surface area contributed by atoms with Crippen LogP contribution in [0.2, 0.25) is 0 Å². The summed E-state index contributed by atoms with van der Waals surface area (Å²) in [6, 6.07) is 19.7. The first-order chi connectivity index (χ1) is 11.7. The zero-order valence-corrected chi connectivity index (χ0v) is 14.4. The van der Waals surface area contributed by atoms with Gasteiger partial charge in [0.2, 0.25) is 0 Å². The van der Waals surface area contributed by atoms with E-state index in [-0.39, 0.29) is 12.1 Å². The van der Waals surface area contributed by atoms with Crippen LogP contribution < -0.4 is 0 Å². The second-order valence-electron chi connectivity index (χ2n) is 5.57. The van der Waals surface area contributed by atoms with Crippen LogP contribution in [-0.2, 0) is 9.53 Å². The predicted octanol–water partition coefficient (Wildman–Crippen LogP) is 4.33. The molecule has 24 heavy (non-hydrogen) atoms. The zero-order valence-electron chi connectivity index (χ0n) is 14.4. The Balaban J connectivity index is 2.07. The molecule has 0 saturated carbocycles. The van der Waals surface area contributed by atoms with Crippen molar-refractivity contribution in [2.75, 3.05) is 19.6 Å². The molecule has 2 aromatic rings. The summed E-state index contributed by atoms with van der Waals surface area (Å²) >= 11 is 0. The van der Waals surface area contributed by atoms with E-state index in [0.717, 1.165) is 24.2 Å². The monoisotopic (exact) mass is 323 g/mol. The summed E-state index contributed by atoms with van der Waals surface area (Å²) in [5, 5.41) is 0. The van der Waals surface area contributed by atoms with E-state index in [1.54, 1.807) is 6.08 Å². The summed E-state index contributed by atoms with van der Waals surface area (Å²) in [6.07, 6.45) is 3.01. The fraction of sp³-hybridized carbons (Fsp3) is 0.286. The summed E-state index contributed by atoms with van der Waals surface area (Å²) in [5.41, 5.74) is 2.00. The Kier molecular flexibility index (Phi) is 7.24. The highest BCUT2D eigenvalue weighted by atomic mass is 16.5. The normalized spacial score (nSPS) is 12.5. The summed E-state index contributed by atoms with van der Waals surface area (Å²) in [6.45, 7) is 6.78. The third kappa shape index (κ3) is 5.67. The summed E-state index contributed by atoms with van der Waals surface area (Å²) in [5.74, 6) is -0.320. The fourth-order valence-corrected chi connectivity index (χ4v) is 2.50. The average molecular weight is 323 g/mol. The quantitative estimate of drug-likeness (QED) is 0.535. The highest BCUT2D eigenvalue weighted by Crippen LogP contribution is 2.19. The molecule has 126 valence electrons. The molecule has 0 N–H and O–H groups in total. The molecule has 0 aromatic heterocycles. The molecule has 3 nitrogen and oxygen atoms in total. The van der Waals surface area contributed by atoms with Crippen LogP contribution in [0.3, 0.4) is 0 Å². The molecule has 0 aliphatic carbocycles. The molecule has 0 aliphatic rings. The van der Waals surface area contributed by atoms with Gasteiger partial charge in [0.05, 0.1) is 0 Å². The van der Waals surface area contributed by atoms with Crippen molar-refractivity contribution in [2.45, 2.75) is 20.0 Å². The van der Waals surface area contributed by atoms with Gasteiger partial charge in [-0.1, -0.05) is 74.5 Å². The molecule has 0 amide bonds. The van der Waals surface area contributed by atoms with Crippen molar-refractivity contribution in [1.29, 1.82) is 0 Å². The first-order valence-corrected chi connectivity index (χ1v) is 8.44. The van der Waals surface area contributed by atoms with Gasteiger partial charge in [-0.05, 0) is 30.3 Å². The lowest BCUT2D eigenvalue weighted by Crippen LogP contribution is -2.30. The summed E-state index contributed by atoms with van der Waals surface area (Å²) in [7, 11) is 0. The number of hydrogen-bond donors (Lipinski definition) is 0. The van der Waals surface area contributed by atoms with Gasteiger partial charge in [0.15, 0.2) is 0 Å². The number of carbonyl (C=O) groups is 1. The van der Waals surface area contributed by atoms with Gasteiger partial charge in [-0.2, -0.15) is 0 Å². The van der Waals surface area contributed by atoms with Crippen molar-refractivity contribution in [2.24, 2.45) is 0 Å². The highest BCUT2D eigenvalue weighted by Gasteiger charge is 2.18. The molecule has 0 radical (unpaired) electrons. The van der Waals surface area contributed by atoms with E-state index >= 15 is 0 Å². The lowest BCUT2D eigenvalue weighted by molar-refractivity contribution is -0.144. The molecular weight excluding hydrogens is 298 g/mol. The molecule has 1 atom stereocenters. The van der Waals surface area contributed by atoms with E-state index < -0.39 is 0 Å². The van der Waals surface area contributed by atoms with E-state index in [1.807, 2.05) is 60.7 Å². The molecule has 2 rings (SSSR count). The molecule has 0 saturated heterocycles. The van der Waals surface area contributed by atoms with Crippen LogP contribution in [0.25, 0.3) is 6.08 Å². The van der Waals surface area contributed by atoms with Gasteiger partial charge < -0.3 is 4.74 Å². The maximum Gasteiger partial charge on any atom is 0.331 e. The standard InChI is InChI=1S/C21H25NO2/c1-3-22(4-2)17-20(19-13-9-6-10-14-19)24-21(23)16-15-18-11-7-5-8-12-18/h5-16,20H,3-4,17H2,1-2H3/b16-15-. The maximum absolute atomic E-state index is 12.2. The number of hydrogen-bond acceptors (Lipinski definition) is 3. The molecule has 0 fully saturated rings. The van der Waals surface area contributed by atoms with Crippen LogP contribution in [0.4, 0.5) is 0 Å². The maximum atomic E-state index is 12.2. The third-order valence-electron chi connectivity index (χ3n) is 3.96. The van der Waals surface area contributed by atoms with Crippen molar-refractivity contribution in [1.82, 2.24) is 4.90 Å². The summed E-state index contributed by atoms with van der Waals surface area (Å²) < 4.78 is 5.73. The van der Waals surface area contributed by atoms with Crippen LogP contribution in [-0.4, -0.2) is 30.5 Å². The molecular formula is C21H25NO2. The number of nitrogens with zero attached hydrogens (tertiary/aromatic N) is 1. The smallest absolute Gasteiger partial charge is 0.331 e. The van der Waals surface area contributed by atoms with Gasteiger partial charge >= 0.3 is 5.97 Å². The van der Waals surface area contributed by atoms with E-state index in [2.05, 4.69) is 18.7 Å². The molecule has 0 spiro atoms. The SMILES string of the molecule is CCN(CC)CC(OC(=O)/C=C\c1ccccc1)c1ccccc1. The van der Waals surface area contributed by atoms with Crippen molar-refractivity contribution in [3.05, 3.63) is 77.9 Å². The van der Waals surface area contributed by atoms with Crippen molar-refractivity contribution in [3.63, 3.8) is 0 Å². The number of likely N-dealkylation sites (N-methyl/N-ethyl adjacent to an activating group) is 1. The molecule has 1 unspecified atom stereocenters. The largest absolute Gasteiger partial charge is 0.453 e. The van der Waals surface area contributed by atoms with Crippen molar-refractivity contribution in [3.8, 4) is 0 Å². The van der Waals surface area contributed by atoms with Crippen LogP contribution in [0, 0.1) is 0 Å². The molecule has 2 aromatic carbocycles. The molecule has 0 aliphatic heterocycles. The van der Waals surface area contributed by atoms with Crippen LogP contribution in [0.15, 0.2) is 66.7 Å². The number of ether oxygens (including phenoxy) is 1. The van der Waals surface area contributed by atoms with E-state index in [4.69, 9.17) is 4.74 Å². The minimum Gasteiger partial charge on any atom is -0.453 e. The Morgan fingerprint density at radius 2 is 1.58 bits per heavy atom. The Bertz CT molecular complexity index is 633. The van der Waals surface area contributed by atoms with Crippen molar-refractivity contribution >= 4 is 12.0 Å². The third-order valence-corrected chi connectivity index (χ3v) is 3.96. The lowest BCUT2D eigenvalue weighted by atomic mass is 10.1. The highest BCUT2D eigenvalue weighted by molar-refractivity contribution is 5.87. The van der Waals surface area contributed by atoms with Gasteiger partial charge in [0, 0.05) is 12.6 Å². The summed E-state index contributed by atoms with van der Waals surface area (Å²) in [4.78, 5) is 14.5. The molecule has 3 heteroatoms. The first kappa shape index (κ1) is 18.0. The first-order valence-electron chi connectivity index (χ1n) is 8.44. The number of rotatable bonds is 8. The second kappa shape index (κ2) is 9.68. The minimum atomic E-state index is -0.320. The topological polar surface area (TPSA) is 29.5 Å².